The Morgan fingerprint density at radius 2 is 1.90 bits per heavy atom. The molecule has 2 rings (SSSR count). The van der Waals surface area contributed by atoms with Crippen molar-refractivity contribution < 1.29 is 19.2 Å². The maximum atomic E-state index is 13.1. The number of nitrogens with zero attached hydrogens (tertiary/aromatic N) is 2. The van der Waals surface area contributed by atoms with Crippen LogP contribution in [0.3, 0.4) is 0 Å². The first-order chi connectivity index (χ1) is 14.9. The number of thioether (sulfide) groups is 1. The van der Waals surface area contributed by atoms with Crippen LogP contribution < -0.4 is 10.1 Å². The lowest BCUT2D eigenvalue weighted by Crippen LogP contribution is -2.48. The molecular weight excluding hydrogens is 418 g/mol. The number of rotatable bonds is 11. The fraction of sp³-hybridized carbons (Fsp3) is 0.364. The third kappa shape index (κ3) is 6.99. The van der Waals surface area contributed by atoms with Gasteiger partial charge in [-0.1, -0.05) is 31.2 Å². The SMILES string of the molecule is CC[C@H](C(=O)NC)N(Cc1cccc(OC)c1)C(=O)CSCc1ccc([N+](=O)[O-])cc1. The van der Waals surface area contributed by atoms with Crippen LogP contribution in [0, 0.1) is 10.1 Å². The average Bonchev–Trinajstić information content (AvgIpc) is 2.79. The quantitative estimate of drug-likeness (QED) is 0.420. The van der Waals surface area contributed by atoms with E-state index in [-0.39, 0.29) is 23.3 Å². The fourth-order valence-electron chi connectivity index (χ4n) is 3.11. The molecule has 9 heteroatoms. The molecule has 2 amide bonds. The molecule has 2 aromatic carbocycles. The van der Waals surface area contributed by atoms with Crippen molar-refractivity contribution in [1.82, 2.24) is 10.2 Å². The molecule has 0 aromatic heterocycles. The Bertz CT molecular complexity index is 904. The van der Waals surface area contributed by atoms with Crippen LogP contribution in [0.15, 0.2) is 48.5 Å². The zero-order valence-electron chi connectivity index (χ0n) is 17.9. The Balaban J connectivity index is 2.09. The van der Waals surface area contributed by atoms with E-state index >= 15 is 0 Å². The summed E-state index contributed by atoms with van der Waals surface area (Å²) in [5, 5.41) is 13.4. The molecule has 8 nitrogen and oxygen atoms in total. The zero-order valence-corrected chi connectivity index (χ0v) is 18.7. The monoisotopic (exact) mass is 445 g/mol. The van der Waals surface area contributed by atoms with Crippen LogP contribution in [-0.2, 0) is 21.9 Å². The second-order valence-corrected chi connectivity index (χ2v) is 7.81. The fourth-order valence-corrected chi connectivity index (χ4v) is 3.98. The molecule has 0 heterocycles. The number of nitro groups is 1. The summed E-state index contributed by atoms with van der Waals surface area (Å²) in [4.78, 5) is 37.4. The van der Waals surface area contributed by atoms with E-state index in [1.54, 1.807) is 31.2 Å². The van der Waals surface area contributed by atoms with E-state index in [4.69, 9.17) is 4.74 Å². The van der Waals surface area contributed by atoms with Gasteiger partial charge in [0.1, 0.15) is 11.8 Å². The molecule has 166 valence electrons. The number of nitro benzene ring substituents is 1. The maximum Gasteiger partial charge on any atom is 0.269 e. The number of methoxy groups -OCH3 is 1. The summed E-state index contributed by atoms with van der Waals surface area (Å²) in [5.41, 5.74) is 1.79. The third-order valence-electron chi connectivity index (χ3n) is 4.76. The molecule has 0 bridgehead atoms. The number of carbonyl (C=O) groups is 2. The lowest BCUT2D eigenvalue weighted by Gasteiger charge is -2.30. The number of likely N-dealkylation sites (N-methyl/N-ethyl adjacent to an activating group) is 1. The van der Waals surface area contributed by atoms with Gasteiger partial charge < -0.3 is 15.0 Å². The Kier molecular flexibility index (Phi) is 9.33. The number of nitrogens with one attached hydrogen (secondary N) is 1. The highest BCUT2D eigenvalue weighted by molar-refractivity contribution is 7.99. The van der Waals surface area contributed by atoms with Crippen molar-refractivity contribution in [1.29, 1.82) is 0 Å². The van der Waals surface area contributed by atoms with E-state index in [2.05, 4.69) is 5.32 Å². The number of ether oxygens (including phenoxy) is 1. The van der Waals surface area contributed by atoms with Crippen LogP contribution in [0.4, 0.5) is 5.69 Å². The first-order valence-electron chi connectivity index (χ1n) is 9.84. The second-order valence-electron chi connectivity index (χ2n) is 6.83. The van der Waals surface area contributed by atoms with E-state index in [9.17, 15) is 19.7 Å². The van der Waals surface area contributed by atoms with Crippen LogP contribution in [-0.4, -0.2) is 47.6 Å². The van der Waals surface area contributed by atoms with E-state index in [0.29, 0.717) is 24.5 Å². The van der Waals surface area contributed by atoms with Crippen molar-refractivity contribution in [3.05, 3.63) is 69.8 Å². The Morgan fingerprint density at radius 3 is 2.48 bits per heavy atom. The molecule has 0 aliphatic carbocycles. The lowest BCUT2D eigenvalue weighted by atomic mass is 10.1. The van der Waals surface area contributed by atoms with Crippen molar-refractivity contribution in [2.45, 2.75) is 31.7 Å². The minimum absolute atomic E-state index is 0.0330. The highest BCUT2D eigenvalue weighted by Crippen LogP contribution is 2.20. The zero-order chi connectivity index (χ0) is 22.8. The maximum absolute atomic E-state index is 13.1. The molecule has 31 heavy (non-hydrogen) atoms. The predicted molar refractivity (Wildman–Crippen MR) is 121 cm³/mol. The molecule has 0 aliphatic rings. The molecular formula is C22H27N3O5S. The van der Waals surface area contributed by atoms with E-state index in [1.807, 2.05) is 31.2 Å². The summed E-state index contributed by atoms with van der Waals surface area (Å²) in [6.07, 6.45) is 0.488. The summed E-state index contributed by atoms with van der Waals surface area (Å²) >= 11 is 1.41. The van der Waals surface area contributed by atoms with Crippen LogP contribution >= 0.6 is 11.8 Å². The Morgan fingerprint density at radius 1 is 1.19 bits per heavy atom. The van der Waals surface area contributed by atoms with Gasteiger partial charge in [-0.25, -0.2) is 0 Å². The first-order valence-corrected chi connectivity index (χ1v) is 11.0. The van der Waals surface area contributed by atoms with Crippen molar-refractivity contribution in [3.63, 3.8) is 0 Å². The van der Waals surface area contributed by atoms with Gasteiger partial charge in [0.2, 0.25) is 11.8 Å². The Labute approximate surface area is 186 Å². The molecule has 0 aliphatic heterocycles. The van der Waals surface area contributed by atoms with Crippen LogP contribution in [0.1, 0.15) is 24.5 Å². The van der Waals surface area contributed by atoms with Crippen molar-refractivity contribution in [3.8, 4) is 5.75 Å². The molecule has 0 saturated carbocycles. The number of non-ortho nitro benzene ring substituents is 1. The molecule has 0 radical (unpaired) electrons. The van der Waals surface area contributed by atoms with Gasteiger partial charge in [0.05, 0.1) is 17.8 Å². The molecule has 0 unspecified atom stereocenters. The topological polar surface area (TPSA) is 102 Å². The summed E-state index contributed by atoms with van der Waals surface area (Å²) < 4.78 is 5.26. The first kappa shape index (κ1) is 24.2. The number of benzene rings is 2. The highest BCUT2D eigenvalue weighted by atomic mass is 32.2. The summed E-state index contributed by atoms with van der Waals surface area (Å²) in [7, 11) is 3.14. The van der Waals surface area contributed by atoms with E-state index in [1.165, 1.54) is 23.9 Å². The number of carbonyl (C=O) groups excluding carboxylic acids is 2. The minimum Gasteiger partial charge on any atom is -0.497 e. The van der Waals surface area contributed by atoms with Crippen LogP contribution in [0.25, 0.3) is 0 Å². The summed E-state index contributed by atoms with van der Waals surface area (Å²) in [6, 6.07) is 13.1. The molecule has 1 N–H and O–H groups in total. The van der Waals surface area contributed by atoms with E-state index < -0.39 is 11.0 Å². The molecule has 0 fully saturated rings. The van der Waals surface area contributed by atoms with Gasteiger partial charge in [-0.15, -0.1) is 11.8 Å². The van der Waals surface area contributed by atoms with Gasteiger partial charge in [0, 0.05) is 31.5 Å². The highest BCUT2D eigenvalue weighted by Gasteiger charge is 2.27. The van der Waals surface area contributed by atoms with E-state index in [0.717, 1.165) is 11.1 Å². The molecule has 1 atom stereocenters. The standard InChI is InChI=1S/C22H27N3O5S/c1-4-20(22(27)23-2)24(13-17-6-5-7-19(12-17)30-3)21(26)15-31-14-16-8-10-18(11-9-16)25(28)29/h5-12,20H,4,13-15H2,1-3H3,(H,23,27)/t20-/m1/s1. The summed E-state index contributed by atoms with van der Waals surface area (Å²) in [6.45, 7) is 2.16. The van der Waals surface area contributed by atoms with Gasteiger partial charge in [0.25, 0.3) is 5.69 Å². The number of hydrogen-bond acceptors (Lipinski definition) is 6. The van der Waals surface area contributed by atoms with Crippen molar-refractivity contribution in [2.24, 2.45) is 0 Å². The Hall–Kier alpha value is -3.07. The summed E-state index contributed by atoms with van der Waals surface area (Å²) in [5.74, 6) is 1.05. The van der Waals surface area contributed by atoms with Gasteiger partial charge in [-0.05, 0) is 29.7 Å². The molecule has 2 aromatic rings. The second kappa shape index (κ2) is 11.9. The van der Waals surface area contributed by atoms with Crippen molar-refractivity contribution in [2.75, 3.05) is 19.9 Å². The van der Waals surface area contributed by atoms with Gasteiger partial charge >= 0.3 is 0 Å². The normalized spacial score (nSPS) is 11.5. The third-order valence-corrected chi connectivity index (χ3v) is 5.75. The van der Waals surface area contributed by atoms with Gasteiger partial charge in [0.15, 0.2) is 0 Å². The largest absolute Gasteiger partial charge is 0.497 e. The smallest absolute Gasteiger partial charge is 0.269 e. The van der Waals surface area contributed by atoms with Crippen LogP contribution in [0.2, 0.25) is 0 Å². The van der Waals surface area contributed by atoms with Gasteiger partial charge in [-0.2, -0.15) is 0 Å². The number of hydrogen-bond donors (Lipinski definition) is 1. The van der Waals surface area contributed by atoms with Crippen molar-refractivity contribution >= 4 is 29.3 Å². The number of amides is 2. The van der Waals surface area contributed by atoms with Crippen LogP contribution in [0.5, 0.6) is 5.75 Å². The lowest BCUT2D eigenvalue weighted by molar-refractivity contribution is -0.384. The average molecular weight is 446 g/mol. The predicted octanol–water partition coefficient (Wildman–Crippen LogP) is 3.39. The molecule has 0 spiro atoms. The van der Waals surface area contributed by atoms with Gasteiger partial charge in [-0.3, -0.25) is 19.7 Å². The minimum atomic E-state index is -0.580. The molecule has 0 saturated heterocycles.